The molecule has 2 aliphatic rings. The number of benzene rings is 3. The highest BCUT2D eigenvalue weighted by molar-refractivity contribution is 5.85. The van der Waals surface area contributed by atoms with Crippen molar-refractivity contribution in [1.82, 2.24) is 0 Å². The molecule has 2 nitrogen and oxygen atoms in total. The summed E-state index contributed by atoms with van der Waals surface area (Å²) in [7, 11) is 2.18. The topological polar surface area (TPSA) is 29.3 Å². The first-order valence-corrected chi connectivity index (χ1v) is 11.5. The van der Waals surface area contributed by atoms with Gasteiger partial charge in [-0.25, -0.2) is 0 Å². The summed E-state index contributed by atoms with van der Waals surface area (Å²) < 4.78 is 0. The van der Waals surface area contributed by atoms with Crippen LogP contribution in [0.4, 0.5) is 11.4 Å². The van der Waals surface area contributed by atoms with Crippen LogP contribution in [0.5, 0.6) is 0 Å². The summed E-state index contributed by atoms with van der Waals surface area (Å²) >= 11 is 0. The predicted octanol–water partition coefficient (Wildman–Crippen LogP) is 7.20. The zero-order valence-corrected chi connectivity index (χ0v) is 19.0. The van der Waals surface area contributed by atoms with E-state index in [0.717, 1.165) is 18.5 Å². The molecule has 0 amide bonds. The zero-order valence-electron chi connectivity index (χ0n) is 19.0. The van der Waals surface area contributed by atoms with Crippen molar-refractivity contribution in [2.45, 2.75) is 45.1 Å². The van der Waals surface area contributed by atoms with Gasteiger partial charge in [0.25, 0.3) is 0 Å². The standard InChI is InChI=1S/C29H32N2/c1-5-20(6-2)29(3)24-13-9-8-12-21(24)22-18-26(30)23(17-25(22)29)28-16-15-19-11-7-10-14-27(19)31(28)4/h7-18,20,28H,5-6,30H2,1-4H3. The van der Waals surface area contributed by atoms with Crippen LogP contribution in [-0.4, -0.2) is 7.05 Å². The van der Waals surface area contributed by atoms with Crippen LogP contribution in [-0.2, 0) is 5.41 Å². The molecule has 2 atom stereocenters. The number of hydrogen-bond acceptors (Lipinski definition) is 2. The van der Waals surface area contributed by atoms with Crippen molar-refractivity contribution in [2.75, 3.05) is 17.7 Å². The molecule has 1 aliphatic heterocycles. The molecule has 0 saturated heterocycles. The molecule has 0 aromatic heterocycles. The smallest absolute Gasteiger partial charge is 0.0746 e. The number of fused-ring (bicyclic) bond motifs is 4. The molecule has 0 fully saturated rings. The van der Waals surface area contributed by atoms with Gasteiger partial charge in [-0.15, -0.1) is 0 Å². The summed E-state index contributed by atoms with van der Waals surface area (Å²) in [5.41, 5.74) is 16.9. The average Bonchev–Trinajstić information content (AvgIpc) is 3.03. The van der Waals surface area contributed by atoms with E-state index in [2.05, 4.69) is 106 Å². The summed E-state index contributed by atoms with van der Waals surface area (Å²) in [6.07, 6.45) is 6.85. The number of nitrogens with two attached hydrogens (primary N) is 1. The number of nitrogens with zero attached hydrogens (tertiary/aromatic N) is 1. The number of hydrogen-bond donors (Lipinski definition) is 1. The first-order valence-electron chi connectivity index (χ1n) is 11.5. The minimum atomic E-state index is 0.00668. The number of anilines is 2. The molecule has 31 heavy (non-hydrogen) atoms. The molecule has 1 heterocycles. The number of nitrogen functional groups attached to an aromatic ring is 1. The third kappa shape index (κ3) is 2.77. The van der Waals surface area contributed by atoms with Gasteiger partial charge in [0.1, 0.15) is 0 Å². The Bertz CT molecular complexity index is 1170. The van der Waals surface area contributed by atoms with Crippen molar-refractivity contribution in [1.29, 1.82) is 0 Å². The van der Waals surface area contributed by atoms with Gasteiger partial charge in [0.15, 0.2) is 0 Å². The van der Waals surface area contributed by atoms with Gasteiger partial charge in [0.2, 0.25) is 0 Å². The first-order chi connectivity index (χ1) is 15.0. The third-order valence-corrected chi connectivity index (χ3v) is 7.87. The largest absolute Gasteiger partial charge is 0.398 e. The van der Waals surface area contributed by atoms with Crippen LogP contribution in [0.25, 0.3) is 17.2 Å². The van der Waals surface area contributed by atoms with Crippen LogP contribution in [0.1, 0.15) is 61.9 Å². The minimum absolute atomic E-state index is 0.00668. The molecule has 3 aromatic rings. The van der Waals surface area contributed by atoms with Gasteiger partial charge in [-0.05, 0) is 51.9 Å². The van der Waals surface area contributed by atoms with Crippen LogP contribution >= 0.6 is 0 Å². The molecular formula is C29H32N2. The van der Waals surface area contributed by atoms with Gasteiger partial charge in [-0.2, -0.15) is 0 Å². The second-order valence-electron chi connectivity index (χ2n) is 9.26. The van der Waals surface area contributed by atoms with E-state index in [0.29, 0.717) is 5.92 Å². The number of likely N-dealkylation sites (N-methyl/N-ethyl adjacent to an activating group) is 1. The molecule has 158 valence electrons. The van der Waals surface area contributed by atoms with Crippen molar-refractivity contribution in [3.63, 3.8) is 0 Å². The normalized spacial score (nSPS) is 21.2. The summed E-state index contributed by atoms with van der Waals surface area (Å²) in [4.78, 5) is 2.35. The number of para-hydroxylation sites is 1. The maximum absolute atomic E-state index is 6.73. The minimum Gasteiger partial charge on any atom is -0.398 e. The fourth-order valence-corrected chi connectivity index (χ4v) is 6.14. The Morgan fingerprint density at radius 1 is 0.935 bits per heavy atom. The van der Waals surface area contributed by atoms with Crippen LogP contribution in [0.15, 0.2) is 66.7 Å². The van der Waals surface area contributed by atoms with Crippen LogP contribution in [0.2, 0.25) is 0 Å². The Balaban J connectivity index is 1.69. The van der Waals surface area contributed by atoms with Crippen molar-refractivity contribution in [3.05, 3.63) is 89.0 Å². The molecule has 0 radical (unpaired) electrons. The molecule has 2 unspecified atom stereocenters. The summed E-state index contributed by atoms with van der Waals surface area (Å²) in [6.45, 7) is 7.10. The van der Waals surface area contributed by atoms with Gasteiger partial charge in [-0.3, -0.25) is 0 Å². The molecule has 2 heteroatoms. The highest BCUT2D eigenvalue weighted by Gasteiger charge is 2.44. The third-order valence-electron chi connectivity index (χ3n) is 7.87. The van der Waals surface area contributed by atoms with E-state index in [-0.39, 0.29) is 11.5 Å². The van der Waals surface area contributed by atoms with E-state index in [1.165, 1.54) is 39.1 Å². The van der Waals surface area contributed by atoms with Gasteiger partial charge in [0.05, 0.1) is 6.04 Å². The Kier molecular flexibility index (Phi) is 4.69. The quantitative estimate of drug-likeness (QED) is 0.463. The second kappa shape index (κ2) is 7.30. The molecule has 0 spiro atoms. The summed E-state index contributed by atoms with van der Waals surface area (Å²) in [5.74, 6) is 0.590. The molecule has 3 aromatic carbocycles. The van der Waals surface area contributed by atoms with Crippen molar-refractivity contribution >= 4 is 17.5 Å². The van der Waals surface area contributed by atoms with Gasteiger partial charge in [-0.1, -0.05) is 88.2 Å². The fourth-order valence-electron chi connectivity index (χ4n) is 6.14. The lowest BCUT2D eigenvalue weighted by molar-refractivity contribution is 0.331. The lowest BCUT2D eigenvalue weighted by atomic mass is 9.67. The Morgan fingerprint density at radius 3 is 2.42 bits per heavy atom. The second-order valence-corrected chi connectivity index (χ2v) is 9.26. The van der Waals surface area contributed by atoms with Gasteiger partial charge < -0.3 is 10.6 Å². The zero-order chi connectivity index (χ0) is 21.8. The van der Waals surface area contributed by atoms with E-state index in [1.807, 2.05) is 0 Å². The van der Waals surface area contributed by atoms with Gasteiger partial charge >= 0.3 is 0 Å². The molecule has 0 bridgehead atoms. The fraction of sp³-hybridized carbons (Fsp3) is 0.310. The highest BCUT2D eigenvalue weighted by atomic mass is 15.1. The van der Waals surface area contributed by atoms with E-state index in [1.54, 1.807) is 0 Å². The summed E-state index contributed by atoms with van der Waals surface area (Å²) in [6, 6.07) is 22.3. The van der Waals surface area contributed by atoms with E-state index < -0.39 is 0 Å². The Hall–Kier alpha value is -3.00. The highest BCUT2D eigenvalue weighted by Crippen LogP contribution is 2.55. The van der Waals surface area contributed by atoms with Crippen molar-refractivity contribution < 1.29 is 0 Å². The van der Waals surface area contributed by atoms with Crippen molar-refractivity contribution in [3.8, 4) is 11.1 Å². The molecule has 2 N–H and O–H groups in total. The lowest BCUT2D eigenvalue weighted by Gasteiger charge is -2.37. The molecule has 5 rings (SSSR count). The van der Waals surface area contributed by atoms with Crippen molar-refractivity contribution in [2.24, 2.45) is 5.92 Å². The molecular weight excluding hydrogens is 376 g/mol. The monoisotopic (exact) mass is 408 g/mol. The first kappa shape index (κ1) is 19.9. The van der Waals surface area contributed by atoms with E-state index in [4.69, 9.17) is 5.73 Å². The van der Waals surface area contributed by atoms with Gasteiger partial charge in [0, 0.05) is 29.4 Å². The Morgan fingerprint density at radius 2 is 1.65 bits per heavy atom. The SMILES string of the molecule is CCC(CC)C1(C)c2ccccc2-c2cc(N)c(C3C=Cc4ccccc4N3C)cc21. The average molecular weight is 409 g/mol. The van der Waals surface area contributed by atoms with Crippen LogP contribution in [0, 0.1) is 5.92 Å². The maximum Gasteiger partial charge on any atom is 0.0746 e. The lowest BCUT2D eigenvalue weighted by Crippen LogP contribution is -2.31. The van der Waals surface area contributed by atoms with Crippen LogP contribution < -0.4 is 10.6 Å². The maximum atomic E-state index is 6.73. The predicted molar refractivity (Wildman–Crippen MR) is 133 cm³/mol. The Labute approximate surface area is 186 Å². The number of rotatable bonds is 4. The van der Waals surface area contributed by atoms with E-state index >= 15 is 0 Å². The van der Waals surface area contributed by atoms with E-state index in [9.17, 15) is 0 Å². The molecule has 0 saturated carbocycles. The van der Waals surface area contributed by atoms with Crippen LogP contribution in [0.3, 0.4) is 0 Å². The molecule has 1 aliphatic carbocycles. The summed E-state index contributed by atoms with van der Waals surface area (Å²) in [5, 5.41) is 0.